The van der Waals surface area contributed by atoms with Crippen molar-refractivity contribution in [1.82, 2.24) is 20.2 Å². The Kier molecular flexibility index (Phi) is 4.46. The molecule has 0 bridgehead atoms. The van der Waals surface area contributed by atoms with Crippen LogP contribution in [0.15, 0.2) is 48.5 Å². The molecule has 0 aliphatic heterocycles. The van der Waals surface area contributed by atoms with E-state index in [4.69, 9.17) is 9.97 Å². The molecule has 0 atom stereocenters. The number of amides is 1. The predicted molar refractivity (Wildman–Crippen MR) is 110 cm³/mol. The van der Waals surface area contributed by atoms with Crippen LogP contribution >= 0.6 is 0 Å². The molecule has 4 aromatic rings. The van der Waals surface area contributed by atoms with Crippen molar-refractivity contribution in [3.05, 3.63) is 59.7 Å². The van der Waals surface area contributed by atoms with Crippen LogP contribution in [0.25, 0.3) is 32.8 Å². The lowest BCUT2D eigenvalue weighted by molar-refractivity contribution is 0.0952. The maximum absolute atomic E-state index is 12.7. The summed E-state index contributed by atoms with van der Waals surface area (Å²) in [6, 6.07) is 15.8. The molecule has 1 N–H and O–H groups in total. The fourth-order valence-corrected chi connectivity index (χ4v) is 3.38. The van der Waals surface area contributed by atoms with Crippen LogP contribution in [0.5, 0.6) is 0 Å². The summed E-state index contributed by atoms with van der Waals surface area (Å²) in [5, 5.41) is 5.19. The number of nitrogens with one attached hydrogen (secondary N) is 1. The number of aryl methyl sites for hydroxylation is 1. The van der Waals surface area contributed by atoms with E-state index in [9.17, 15) is 4.79 Å². The summed E-state index contributed by atoms with van der Waals surface area (Å²) in [7, 11) is 3.96. The first-order valence-electron chi connectivity index (χ1n) is 9.06. The van der Waals surface area contributed by atoms with Crippen LogP contribution in [0.2, 0.25) is 0 Å². The van der Waals surface area contributed by atoms with Gasteiger partial charge in [0.15, 0.2) is 0 Å². The Balaban J connectivity index is 1.88. The van der Waals surface area contributed by atoms with Crippen molar-refractivity contribution in [1.29, 1.82) is 0 Å². The zero-order valence-corrected chi connectivity index (χ0v) is 15.8. The molecule has 0 fully saturated rings. The molecule has 5 heteroatoms. The summed E-state index contributed by atoms with van der Waals surface area (Å²) in [5.74, 6) is -0.118. The molecule has 5 nitrogen and oxygen atoms in total. The number of nitrogens with zero attached hydrogens (tertiary/aromatic N) is 3. The van der Waals surface area contributed by atoms with Crippen molar-refractivity contribution in [3.63, 3.8) is 0 Å². The largest absolute Gasteiger partial charge is 0.351 e. The molecule has 4 rings (SSSR count). The Morgan fingerprint density at radius 2 is 1.74 bits per heavy atom. The molecule has 1 aromatic heterocycles. The minimum absolute atomic E-state index is 0.118. The second-order valence-corrected chi connectivity index (χ2v) is 7.06. The van der Waals surface area contributed by atoms with Crippen molar-refractivity contribution in [3.8, 4) is 0 Å². The molecule has 1 heterocycles. The Hall–Kier alpha value is -3.05. The van der Waals surface area contributed by atoms with Crippen LogP contribution in [-0.2, 0) is 0 Å². The van der Waals surface area contributed by atoms with E-state index < -0.39 is 0 Å². The van der Waals surface area contributed by atoms with Gasteiger partial charge in [0, 0.05) is 18.5 Å². The third-order valence-electron chi connectivity index (χ3n) is 4.77. The van der Waals surface area contributed by atoms with Gasteiger partial charge in [0.2, 0.25) is 0 Å². The maximum Gasteiger partial charge on any atom is 0.253 e. The highest BCUT2D eigenvalue weighted by molar-refractivity contribution is 6.10. The molecule has 0 aliphatic rings. The molecular formula is C22H22N4O. The van der Waals surface area contributed by atoms with Gasteiger partial charge in [-0.05, 0) is 50.2 Å². The van der Waals surface area contributed by atoms with Crippen molar-refractivity contribution >= 4 is 38.7 Å². The summed E-state index contributed by atoms with van der Waals surface area (Å²) in [6.07, 6.45) is 0. The summed E-state index contributed by atoms with van der Waals surface area (Å²) in [6.45, 7) is 3.45. The molecule has 3 aromatic carbocycles. The smallest absolute Gasteiger partial charge is 0.253 e. The number of carbonyl (C=O) groups is 1. The number of aromatic nitrogens is 2. The third kappa shape index (κ3) is 3.22. The molecule has 0 radical (unpaired) electrons. The summed E-state index contributed by atoms with van der Waals surface area (Å²) in [5.41, 5.74) is 4.77. The average molecular weight is 358 g/mol. The van der Waals surface area contributed by atoms with Crippen LogP contribution in [0.1, 0.15) is 15.9 Å². The van der Waals surface area contributed by atoms with Gasteiger partial charge in [0.1, 0.15) is 5.52 Å². The fourth-order valence-electron chi connectivity index (χ4n) is 3.38. The number of benzene rings is 3. The summed E-state index contributed by atoms with van der Waals surface area (Å²) >= 11 is 0. The fraction of sp³-hybridized carbons (Fsp3) is 0.227. The van der Waals surface area contributed by atoms with E-state index in [1.165, 1.54) is 0 Å². The second kappa shape index (κ2) is 6.93. The Morgan fingerprint density at radius 1 is 0.963 bits per heavy atom. The van der Waals surface area contributed by atoms with E-state index in [1.54, 1.807) is 0 Å². The number of carbonyl (C=O) groups excluding carboxylic acids is 1. The van der Waals surface area contributed by atoms with E-state index in [-0.39, 0.29) is 5.91 Å². The van der Waals surface area contributed by atoms with E-state index in [1.807, 2.05) is 49.3 Å². The minimum Gasteiger partial charge on any atom is -0.351 e. The number of para-hydroxylation sites is 1. The lowest BCUT2D eigenvalue weighted by Gasteiger charge is -2.12. The molecule has 1 amide bonds. The normalized spacial score (nSPS) is 11.6. The summed E-state index contributed by atoms with van der Waals surface area (Å²) in [4.78, 5) is 24.4. The first-order chi connectivity index (χ1) is 13.0. The predicted octanol–water partition coefficient (Wildman–Crippen LogP) is 3.54. The quantitative estimate of drug-likeness (QED) is 0.448. The molecule has 0 spiro atoms. The molecule has 136 valence electrons. The van der Waals surface area contributed by atoms with Crippen molar-refractivity contribution in [2.24, 2.45) is 0 Å². The molecule has 0 saturated carbocycles. The SMILES string of the molecule is Cc1cccc2ccc3nc4cccc(C(=O)NCCN(C)C)c4nc3c12. The van der Waals surface area contributed by atoms with Crippen molar-refractivity contribution < 1.29 is 4.79 Å². The van der Waals surface area contributed by atoms with E-state index >= 15 is 0 Å². The van der Waals surface area contributed by atoms with Gasteiger partial charge in [-0.25, -0.2) is 9.97 Å². The van der Waals surface area contributed by atoms with Crippen LogP contribution in [0.3, 0.4) is 0 Å². The average Bonchev–Trinajstić information content (AvgIpc) is 2.65. The zero-order valence-electron chi connectivity index (χ0n) is 15.8. The number of hydrogen-bond donors (Lipinski definition) is 1. The number of rotatable bonds is 4. The second-order valence-electron chi connectivity index (χ2n) is 7.06. The number of fused-ring (bicyclic) bond motifs is 4. The van der Waals surface area contributed by atoms with Gasteiger partial charge in [-0.15, -0.1) is 0 Å². The third-order valence-corrected chi connectivity index (χ3v) is 4.77. The Bertz CT molecular complexity index is 1170. The highest BCUT2D eigenvalue weighted by atomic mass is 16.1. The number of hydrogen-bond acceptors (Lipinski definition) is 4. The highest BCUT2D eigenvalue weighted by Gasteiger charge is 2.14. The van der Waals surface area contributed by atoms with Crippen LogP contribution in [0, 0.1) is 6.92 Å². The summed E-state index contributed by atoms with van der Waals surface area (Å²) < 4.78 is 0. The topological polar surface area (TPSA) is 58.1 Å². The monoisotopic (exact) mass is 358 g/mol. The van der Waals surface area contributed by atoms with Gasteiger partial charge in [-0.1, -0.05) is 30.3 Å². The standard InChI is InChI=1S/C22H22N4O/c1-14-6-4-7-15-10-11-18-21(19(14)15)25-20-16(8-5-9-17(20)24-18)22(27)23-12-13-26(2)3/h4-11H,12-13H2,1-3H3,(H,23,27). The van der Waals surface area contributed by atoms with Crippen molar-refractivity contribution in [2.75, 3.05) is 27.2 Å². The van der Waals surface area contributed by atoms with Gasteiger partial charge in [-0.3, -0.25) is 4.79 Å². The van der Waals surface area contributed by atoms with Gasteiger partial charge in [0.05, 0.1) is 22.1 Å². The highest BCUT2D eigenvalue weighted by Crippen LogP contribution is 2.28. The van der Waals surface area contributed by atoms with Crippen LogP contribution < -0.4 is 5.32 Å². The van der Waals surface area contributed by atoms with Gasteiger partial charge in [-0.2, -0.15) is 0 Å². The van der Waals surface area contributed by atoms with Crippen LogP contribution in [0.4, 0.5) is 0 Å². The van der Waals surface area contributed by atoms with Gasteiger partial charge >= 0.3 is 0 Å². The Morgan fingerprint density at radius 3 is 2.56 bits per heavy atom. The van der Waals surface area contributed by atoms with Gasteiger partial charge in [0.25, 0.3) is 5.91 Å². The minimum atomic E-state index is -0.118. The molecule has 0 unspecified atom stereocenters. The van der Waals surface area contributed by atoms with Gasteiger partial charge < -0.3 is 10.2 Å². The van der Waals surface area contributed by atoms with Crippen molar-refractivity contribution in [2.45, 2.75) is 6.92 Å². The lowest BCUT2D eigenvalue weighted by Crippen LogP contribution is -2.31. The van der Waals surface area contributed by atoms with Crippen LogP contribution in [-0.4, -0.2) is 48.0 Å². The molecule has 27 heavy (non-hydrogen) atoms. The lowest BCUT2D eigenvalue weighted by atomic mass is 10.0. The molecule has 0 saturated heterocycles. The number of likely N-dealkylation sites (N-methyl/N-ethyl adjacent to an activating group) is 1. The molecular weight excluding hydrogens is 336 g/mol. The first kappa shape index (κ1) is 17.4. The zero-order chi connectivity index (χ0) is 19.0. The maximum atomic E-state index is 12.7. The van der Waals surface area contributed by atoms with E-state index in [0.717, 1.165) is 39.4 Å². The van der Waals surface area contributed by atoms with E-state index in [0.29, 0.717) is 17.6 Å². The Labute approximate surface area is 158 Å². The van der Waals surface area contributed by atoms with E-state index in [2.05, 4.69) is 30.4 Å². The molecule has 0 aliphatic carbocycles. The first-order valence-corrected chi connectivity index (χ1v) is 9.06.